The normalized spacial score (nSPS) is 18.5. The van der Waals surface area contributed by atoms with E-state index in [2.05, 4.69) is 10.1 Å². The first-order chi connectivity index (χ1) is 17.2. The smallest absolute Gasteiger partial charge is 0.264 e. The number of piperidine rings is 2. The van der Waals surface area contributed by atoms with Crippen LogP contribution in [-0.2, 0) is 16.1 Å². The van der Waals surface area contributed by atoms with E-state index in [4.69, 9.17) is 0 Å². The fraction of sp³-hybridized carbons (Fsp3) is 0.480. The lowest BCUT2D eigenvalue weighted by Gasteiger charge is -2.40. The van der Waals surface area contributed by atoms with Crippen molar-refractivity contribution in [3.63, 3.8) is 0 Å². The molecule has 1 N–H and O–H groups in total. The molecule has 2 aromatic heterocycles. The van der Waals surface area contributed by atoms with E-state index >= 15 is 0 Å². The van der Waals surface area contributed by atoms with Gasteiger partial charge in [-0.15, -0.1) is 0 Å². The van der Waals surface area contributed by atoms with Gasteiger partial charge in [0.15, 0.2) is 5.65 Å². The quantitative estimate of drug-likeness (QED) is 0.583. The lowest BCUT2D eigenvalue weighted by atomic mass is 9.89. The Kier molecular flexibility index (Phi) is 6.33. The van der Waals surface area contributed by atoms with E-state index in [9.17, 15) is 23.9 Å². The van der Waals surface area contributed by atoms with Crippen molar-refractivity contribution < 1.29 is 19.1 Å². The number of nitrogens with zero attached hydrogens (tertiary/aromatic N) is 6. The Bertz CT molecular complexity index is 1330. The molecule has 2 aliphatic rings. The number of hydrogen-bond donors (Lipinski definition) is 1. The van der Waals surface area contributed by atoms with E-state index in [0.717, 1.165) is 0 Å². The summed E-state index contributed by atoms with van der Waals surface area (Å²) < 4.78 is 16.1. The van der Waals surface area contributed by atoms with Gasteiger partial charge in [0.1, 0.15) is 17.5 Å². The summed E-state index contributed by atoms with van der Waals surface area (Å²) in [5, 5.41) is 15.8. The second-order valence-corrected chi connectivity index (χ2v) is 9.78. The predicted molar refractivity (Wildman–Crippen MR) is 129 cm³/mol. The molecule has 0 saturated carbocycles. The standard InChI is InChI=1S/C25H29FN6O4/c1-17(33)29-10-6-18(7-11-29)23(34)30-12-8-25(36,9-13-30)15-31-16-27-22-21(24(31)35)14-28-32(22)20-4-2-19(26)3-5-20/h2-5,14,16,18,36H,6-13,15H2,1H3. The highest BCUT2D eigenvalue weighted by Crippen LogP contribution is 2.27. The fourth-order valence-corrected chi connectivity index (χ4v) is 5.15. The van der Waals surface area contributed by atoms with Gasteiger partial charge in [0.2, 0.25) is 11.8 Å². The second-order valence-electron chi connectivity index (χ2n) is 9.78. The summed E-state index contributed by atoms with van der Waals surface area (Å²) in [6.07, 6.45) is 4.84. The van der Waals surface area contributed by atoms with E-state index in [1.807, 2.05) is 0 Å². The number of hydrogen-bond acceptors (Lipinski definition) is 6. The Morgan fingerprint density at radius 1 is 1.08 bits per heavy atom. The first-order valence-corrected chi connectivity index (χ1v) is 12.2. The first kappa shape index (κ1) is 24.1. The maximum absolute atomic E-state index is 13.3. The van der Waals surface area contributed by atoms with E-state index < -0.39 is 5.60 Å². The average Bonchev–Trinajstić information content (AvgIpc) is 3.31. The van der Waals surface area contributed by atoms with Crippen LogP contribution in [-0.4, -0.2) is 77.8 Å². The SMILES string of the molecule is CC(=O)N1CCC(C(=O)N2CCC(O)(Cn3cnc4c(cnn4-c4ccc(F)cc4)c3=O)CC2)CC1. The van der Waals surface area contributed by atoms with Crippen LogP contribution < -0.4 is 5.56 Å². The Balaban J connectivity index is 1.24. The third-order valence-corrected chi connectivity index (χ3v) is 7.39. The molecule has 2 saturated heterocycles. The summed E-state index contributed by atoms with van der Waals surface area (Å²) in [6, 6.07) is 5.73. The van der Waals surface area contributed by atoms with Crippen LogP contribution >= 0.6 is 0 Å². The summed E-state index contributed by atoms with van der Waals surface area (Å²) in [5.41, 5.74) is -0.525. The molecule has 0 aliphatic carbocycles. The molecule has 0 spiro atoms. The molecular formula is C25H29FN6O4. The predicted octanol–water partition coefficient (Wildman–Crippen LogP) is 1.33. The van der Waals surface area contributed by atoms with E-state index in [1.165, 1.54) is 33.9 Å². The largest absolute Gasteiger partial charge is 0.388 e. The number of carbonyl (C=O) groups is 2. The molecule has 2 amide bonds. The number of aromatic nitrogens is 4. The highest BCUT2D eigenvalue weighted by molar-refractivity contribution is 5.80. The van der Waals surface area contributed by atoms with Gasteiger partial charge in [-0.05, 0) is 49.9 Å². The van der Waals surface area contributed by atoms with Crippen molar-refractivity contribution in [3.8, 4) is 5.69 Å². The van der Waals surface area contributed by atoms with Gasteiger partial charge < -0.3 is 14.9 Å². The van der Waals surface area contributed by atoms with E-state index in [-0.39, 0.29) is 35.7 Å². The number of halogens is 1. The molecule has 0 atom stereocenters. The highest BCUT2D eigenvalue weighted by Gasteiger charge is 2.37. The van der Waals surface area contributed by atoms with Crippen molar-refractivity contribution in [2.24, 2.45) is 5.92 Å². The number of likely N-dealkylation sites (tertiary alicyclic amines) is 2. The highest BCUT2D eigenvalue weighted by atomic mass is 19.1. The summed E-state index contributed by atoms with van der Waals surface area (Å²) in [4.78, 5) is 45.6. The van der Waals surface area contributed by atoms with Gasteiger partial charge >= 0.3 is 0 Å². The van der Waals surface area contributed by atoms with Crippen LogP contribution in [0.3, 0.4) is 0 Å². The van der Waals surface area contributed by atoms with Crippen LogP contribution in [0.4, 0.5) is 4.39 Å². The maximum atomic E-state index is 13.3. The molecule has 3 aromatic rings. The van der Waals surface area contributed by atoms with Gasteiger partial charge in [-0.3, -0.25) is 19.0 Å². The minimum atomic E-state index is -1.14. The molecule has 0 bridgehead atoms. The zero-order valence-corrected chi connectivity index (χ0v) is 20.1. The summed E-state index contributed by atoms with van der Waals surface area (Å²) in [7, 11) is 0. The number of carbonyl (C=O) groups excluding carboxylic acids is 2. The van der Waals surface area contributed by atoms with Crippen LogP contribution in [0, 0.1) is 11.7 Å². The molecular weight excluding hydrogens is 467 g/mol. The number of aliphatic hydroxyl groups is 1. The Hall–Kier alpha value is -3.60. The molecule has 36 heavy (non-hydrogen) atoms. The molecule has 5 rings (SSSR count). The summed E-state index contributed by atoms with van der Waals surface area (Å²) in [6.45, 7) is 3.63. The van der Waals surface area contributed by atoms with Crippen LogP contribution in [0.1, 0.15) is 32.6 Å². The van der Waals surface area contributed by atoms with Crippen molar-refractivity contribution in [2.45, 2.75) is 44.8 Å². The molecule has 2 aliphatic heterocycles. The van der Waals surface area contributed by atoms with Crippen LogP contribution in [0.25, 0.3) is 16.7 Å². The average molecular weight is 497 g/mol. The topological polar surface area (TPSA) is 114 Å². The van der Waals surface area contributed by atoms with Crippen molar-refractivity contribution in [1.82, 2.24) is 29.1 Å². The van der Waals surface area contributed by atoms with Crippen LogP contribution in [0.5, 0.6) is 0 Å². The van der Waals surface area contributed by atoms with Crippen molar-refractivity contribution >= 4 is 22.8 Å². The summed E-state index contributed by atoms with van der Waals surface area (Å²) in [5.74, 6) is -0.355. The van der Waals surface area contributed by atoms with Gasteiger partial charge in [0, 0.05) is 39.0 Å². The molecule has 10 nitrogen and oxygen atoms in total. The lowest BCUT2D eigenvalue weighted by molar-refractivity contribution is -0.143. The lowest BCUT2D eigenvalue weighted by Crippen LogP contribution is -2.52. The zero-order chi connectivity index (χ0) is 25.4. The second kappa shape index (κ2) is 9.45. The monoisotopic (exact) mass is 496 g/mol. The van der Waals surface area contributed by atoms with Gasteiger partial charge in [0.25, 0.3) is 5.56 Å². The fourth-order valence-electron chi connectivity index (χ4n) is 5.15. The van der Waals surface area contributed by atoms with Gasteiger partial charge in [-0.2, -0.15) is 5.10 Å². The Morgan fingerprint density at radius 3 is 2.39 bits per heavy atom. The zero-order valence-electron chi connectivity index (χ0n) is 20.1. The molecule has 2 fully saturated rings. The van der Waals surface area contributed by atoms with Crippen molar-refractivity contribution in [2.75, 3.05) is 26.2 Å². The molecule has 4 heterocycles. The number of amides is 2. The Morgan fingerprint density at radius 2 is 1.75 bits per heavy atom. The molecule has 1 aromatic carbocycles. The van der Waals surface area contributed by atoms with Crippen molar-refractivity contribution in [1.29, 1.82) is 0 Å². The third-order valence-electron chi connectivity index (χ3n) is 7.39. The number of benzene rings is 1. The molecule has 0 radical (unpaired) electrons. The van der Waals surface area contributed by atoms with Crippen molar-refractivity contribution in [3.05, 3.63) is 53.0 Å². The third kappa shape index (κ3) is 4.62. The van der Waals surface area contributed by atoms with Crippen LogP contribution in [0.15, 0.2) is 41.6 Å². The number of fused-ring (bicyclic) bond motifs is 1. The maximum Gasteiger partial charge on any atom is 0.264 e. The van der Waals surface area contributed by atoms with Gasteiger partial charge in [-0.25, -0.2) is 14.1 Å². The number of rotatable bonds is 4. The molecule has 0 unspecified atom stereocenters. The van der Waals surface area contributed by atoms with E-state index in [1.54, 1.807) is 28.9 Å². The van der Waals surface area contributed by atoms with Gasteiger partial charge in [0.05, 0.1) is 24.0 Å². The first-order valence-electron chi connectivity index (χ1n) is 12.2. The summed E-state index contributed by atoms with van der Waals surface area (Å²) >= 11 is 0. The minimum Gasteiger partial charge on any atom is -0.388 e. The Labute approximate surface area is 206 Å². The molecule has 190 valence electrons. The van der Waals surface area contributed by atoms with Gasteiger partial charge in [-0.1, -0.05) is 0 Å². The molecule has 11 heteroatoms. The minimum absolute atomic E-state index is 0.0367. The van der Waals surface area contributed by atoms with E-state index in [0.29, 0.717) is 68.6 Å². The van der Waals surface area contributed by atoms with Crippen LogP contribution in [0.2, 0.25) is 0 Å².